The van der Waals surface area contributed by atoms with Gasteiger partial charge in [-0.25, -0.2) is 0 Å². The molecule has 1 aliphatic carbocycles. The molecule has 1 N–H and O–H groups in total. The third-order valence-electron chi connectivity index (χ3n) is 5.87. The van der Waals surface area contributed by atoms with E-state index in [2.05, 4.69) is 65.7 Å². The van der Waals surface area contributed by atoms with Gasteiger partial charge >= 0.3 is 0 Å². The smallest absolute Gasteiger partial charge is 0.0479 e. The molecule has 0 saturated heterocycles. The van der Waals surface area contributed by atoms with Crippen molar-refractivity contribution in [3.63, 3.8) is 0 Å². The highest BCUT2D eigenvalue weighted by molar-refractivity contribution is 7.25. The summed E-state index contributed by atoms with van der Waals surface area (Å²) in [5.41, 5.74) is 4.04. The molecule has 0 atom stereocenters. The Bertz CT molecular complexity index is 1570. The summed E-state index contributed by atoms with van der Waals surface area (Å²) < 4.78 is 4.13. The number of aromatic amines is 1. The van der Waals surface area contributed by atoms with Crippen LogP contribution in [-0.2, 0) is 6.42 Å². The molecule has 27 heavy (non-hydrogen) atoms. The number of rotatable bonds is 0. The van der Waals surface area contributed by atoms with Crippen molar-refractivity contribution < 1.29 is 0 Å². The van der Waals surface area contributed by atoms with E-state index in [0.29, 0.717) is 0 Å². The molecule has 0 amide bonds. The van der Waals surface area contributed by atoms with Gasteiger partial charge in [0.15, 0.2) is 0 Å². The molecule has 3 heterocycles. The van der Waals surface area contributed by atoms with E-state index in [1.807, 2.05) is 22.7 Å². The number of aryl methyl sites for hydroxylation is 1. The SMILES string of the molecule is C1=Cc2sc3cc4[nH]c5cc6sc7ccccc7c6cc5c4cc3c2CC1. The first-order chi connectivity index (χ1) is 13.3. The minimum Gasteiger partial charge on any atom is -0.354 e. The van der Waals surface area contributed by atoms with Crippen molar-refractivity contribution in [2.24, 2.45) is 0 Å². The van der Waals surface area contributed by atoms with E-state index in [9.17, 15) is 0 Å². The van der Waals surface area contributed by atoms with Crippen molar-refractivity contribution in [3.8, 4) is 0 Å². The predicted octanol–water partition coefficient (Wildman–Crippen LogP) is 7.86. The molecule has 0 saturated carbocycles. The second kappa shape index (κ2) is 5.00. The van der Waals surface area contributed by atoms with Gasteiger partial charge in [0.2, 0.25) is 0 Å². The average Bonchev–Trinajstić information content (AvgIpc) is 3.34. The van der Waals surface area contributed by atoms with E-state index in [4.69, 9.17) is 0 Å². The Balaban J connectivity index is 1.63. The summed E-state index contributed by atoms with van der Waals surface area (Å²) in [5.74, 6) is 0. The molecular formula is C24H15NS2. The van der Waals surface area contributed by atoms with Gasteiger partial charge in [0, 0.05) is 51.6 Å². The van der Waals surface area contributed by atoms with Gasteiger partial charge in [0.25, 0.3) is 0 Å². The monoisotopic (exact) mass is 381 g/mol. The van der Waals surface area contributed by atoms with Gasteiger partial charge in [0.05, 0.1) is 0 Å². The van der Waals surface area contributed by atoms with Crippen molar-refractivity contribution in [2.75, 3.05) is 0 Å². The number of nitrogens with one attached hydrogen (secondary N) is 1. The fourth-order valence-electron chi connectivity index (χ4n) is 4.59. The molecule has 7 rings (SSSR count). The Hall–Kier alpha value is -2.62. The Morgan fingerprint density at radius 2 is 1.48 bits per heavy atom. The summed E-state index contributed by atoms with van der Waals surface area (Å²) in [6.07, 6.45) is 6.93. The Kier molecular flexibility index (Phi) is 2.68. The maximum absolute atomic E-state index is 3.68. The molecule has 3 aromatic carbocycles. The van der Waals surface area contributed by atoms with Crippen LogP contribution in [0.15, 0.2) is 54.6 Å². The van der Waals surface area contributed by atoms with Crippen LogP contribution in [0.3, 0.4) is 0 Å². The second-order valence-corrected chi connectivity index (χ2v) is 9.56. The number of hydrogen-bond donors (Lipinski definition) is 1. The Labute approximate surface area is 163 Å². The lowest BCUT2D eigenvalue weighted by Crippen LogP contribution is -1.88. The molecule has 0 spiro atoms. The van der Waals surface area contributed by atoms with Crippen LogP contribution in [-0.4, -0.2) is 4.98 Å². The van der Waals surface area contributed by atoms with E-state index in [0.717, 1.165) is 6.42 Å². The minimum absolute atomic E-state index is 1.16. The lowest BCUT2D eigenvalue weighted by molar-refractivity contribution is 1.01. The first-order valence-electron chi connectivity index (χ1n) is 9.34. The first-order valence-corrected chi connectivity index (χ1v) is 11.0. The van der Waals surface area contributed by atoms with Gasteiger partial charge in [-0.2, -0.15) is 0 Å². The number of thiophene rings is 2. The van der Waals surface area contributed by atoms with Gasteiger partial charge in [-0.3, -0.25) is 0 Å². The zero-order valence-electron chi connectivity index (χ0n) is 14.5. The third kappa shape index (κ3) is 1.88. The number of fused-ring (bicyclic) bond motifs is 9. The van der Waals surface area contributed by atoms with Crippen molar-refractivity contribution in [1.82, 2.24) is 4.98 Å². The molecule has 6 aromatic rings. The summed E-state index contributed by atoms with van der Waals surface area (Å²) in [4.78, 5) is 5.13. The van der Waals surface area contributed by atoms with Crippen LogP contribution in [0.25, 0.3) is 58.1 Å². The molecule has 0 radical (unpaired) electrons. The van der Waals surface area contributed by atoms with Crippen LogP contribution in [0.4, 0.5) is 0 Å². The molecule has 1 nitrogen and oxygen atoms in total. The Morgan fingerprint density at radius 3 is 2.37 bits per heavy atom. The highest BCUT2D eigenvalue weighted by atomic mass is 32.1. The number of hydrogen-bond acceptors (Lipinski definition) is 2. The minimum atomic E-state index is 1.16. The van der Waals surface area contributed by atoms with Crippen molar-refractivity contribution in [3.05, 3.63) is 65.0 Å². The normalized spacial score (nSPS) is 14.2. The Morgan fingerprint density at radius 1 is 0.704 bits per heavy atom. The fourth-order valence-corrected chi connectivity index (χ4v) is 6.92. The molecule has 0 fully saturated rings. The zero-order chi connectivity index (χ0) is 17.5. The first kappa shape index (κ1) is 14.4. The van der Waals surface area contributed by atoms with Gasteiger partial charge in [-0.05, 0) is 60.2 Å². The molecule has 3 heteroatoms. The summed E-state index contributed by atoms with van der Waals surface area (Å²) in [7, 11) is 0. The van der Waals surface area contributed by atoms with Crippen LogP contribution < -0.4 is 0 Å². The highest BCUT2D eigenvalue weighted by Gasteiger charge is 2.16. The lowest BCUT2D eigenvalue weighted by atomic mass is 10.00. The zero-order valence-corrected chi connectivity index (χ0v) is 16.1. The molecule has 0 aliphatic heterocycles. The summed E-state index contributed by atoms with van der Waals surface area (Å²) >= 11 is 3.81. The number of allylic oxidation sites excluding steroid dienone is 1. The van der Waals surface area contributed by atoms with Crippen LogP contribution >= 0.6 is 22.7 Å². The second-order valence-electron chi connectivity index (χ2n) is 7.40. The van der Waals surface area contributed by atoms with E-state index in [-0.39, 0.29) is 0 Å². The largest absolute Gasteiger partial charge is 0.354 e. The molecule has 3 aromatic heterocycles. The van der Waals surface area contributed by atoms with E-state index in [1.54, 1.807) is 0 Å². The summed E-state index contributed by atoms with van der Waals surface area (Å²) in [6, 6.07) is 18.3. The van der Waals surface area contributed by atoms with Crippen LogP contribution in [0.1, 0.15) is 16.9 Å². The number of aromatic nitrogens is 1. The predicted molar refractivity (Wildman–Crippen MR) is 121 cm³/mol. The summed E-state index contributed by atoms with van der Waals surface area (Å²) in [6.45, 7) is 0. The van der Waals surface area contributed by atoms with Crippen LogP contribution in [0.5, 0.6) is 0 Å². The molecule has 0 unspecified atom stereocenters. The van der Waals surface area contributed by atoms with Gasteiger partial charge in [0.1, 0.15) is 0 Å². The van der Waals surface area contributed by atoms with Crippen molar-refractivity contribution in [2.45, 2.75) is 12.8 Å². The number of H-pyrrole nitrogens is 1. The molecule has 0 bridgehead atoms. The molecule has 1 aliphatic rings. The topological polar surface area (TPSA) is 15.8 Å². The lowest BCUT2D eigenvalue weighted by Gasteiger charge is -2.04. The third-order valence-corrected chi connectivity index (χ3v) is 8.16. The van der Waals surface area contributed by atoms with Crippen LogP contribution in [0.2, 0.25) is 0 Å². The van der Waals surface area contributed by atoms with E-state index >= 15 is 0 Å². The molecular weight excluding hydrogens is 366 g/mol. The fraction of sp³-hybridized carbons (Fsp3) is 0.0833. The van der Waals surface area contributed by atoms with Gasteiger partial charge in [-0.1, -0.05) is 24.3 Å². The van der Waals surface area contributed by atoms with Gasteiger partial charge < -0.3 is 4.98 Å². The van der Waals surface area contributed by atoms with E-state index < -0.39 is 0 Å². The summed E-state index contributed by atoms with van der Waals surface area (Å²) in [5, 5.41) is 6.88. The van der Waals surface area contributed by atoms with Crippen molar-refractivity contribution >= 4 is 80.8 Å². The van der Waals surface area contributed by atoms with Crippen LogP contribution in [0, 0.1) is 0 Å². The average molecular weight is 382 g/mol. The maximum Gasteiger partial charge on any atom is 0.0479 e. The quantitative estimate of drug-likeness (QED) is 0.275. The standard InChI is InChI=1S/C24H15NS2/c1-3-7-21-13(5-1)17-9-15-16-10-18-14-6-2-4-8-22(14)27-24(18)12-20(16)25-19(15)11-23(17)26-21/h1,3-5,7-12,25H,2,6H2. The molecule has 128 valence electrons. The number of benzene rings is 3. The van der Waals surface area contributed by atoms with Gasteiger partial charge in [-0.15, -0.1) is 22.7 Å². The highest BCUT2D eigenvalue weighted by Crippen LogP contribution is 2.42. The maximum atomic E-state index is 3.68. The van der Waals surface area contributed by atoms with Crippen molar-refractivity contribution in [1.29, 1.82) is 0 Å². The van der Waals surface area contributed by atoms with E-state index in [1.165, 1.54) is 68.9 Å².